The molecule has 1 aromatic carbocycles. The summed E-state index contributed by atoms with van der Waals surface area (Å²) in [7, 11) is 0. The highest BCUT2D eigenvalue weighted by Gasteiger charge is 2.25. The molecule has 0 aliphatic carbocycles. The Balaban J connectivity index is 1.57. The van der Waals surface area contributed by atoms with Crippen LogP contribution in [-0.4, -0.2) is 18.1 Å². The summed E-state index contributed by atoms with van der Waals surface area (Å²) in [6, 6.07) is 8.64. The zero-order valence-corrected chi connectivity index (χ0v) is 12.8. The summed E-state index contributed by atoms with van der Waals surface area (Å²) in [5.74, 6) is 0.616. The highest BCUT2D eigenvalue weighted by molar-refractivity contribution is 7.09. The van der Waals surface area contributed by atoms with Gasteiger partial charge in [-0.15, -0.1) is 11.3 Å². The van der Waals surface area contributed by atoms with Crippen LogP contribution in [0.2, 0.25) is 0 Å². The predicted octanol–water partition coefficient (Wildman–Crippen LogP) is 3.57. The smallest absolute Gasteiger partial charge is 0.112 e. The zero-order valence-electron chi connectivity index (χ0n) is 12.0. The molecule has 106 valence electrons. The number of hydrogen-bond acceptors (Lipinski definition) is 4. The minimum atomic E-state index is -0.0419. The zero-order chi connectivity index (χ0) is 14.0. The van der Waals surface area contributed by atoms with Crippen molar-refractivity contribution >= 4 is 17.0 Å². The van der Waals surface area contributed by atoms with Gasteiger partial charge < -0.3 is 10.6 Å². The van der Waals surface area contributed by atoms with E-state index in [9.17, 15) is 0 Å². The van der Waals surface area contributed by atoms with Gasteiger partial charge in [-0.25, -0.2) is 4.98 Å². The van der Waals surface area contributed by atoms with Crippen molar-refractivity contribution in [3.63, 3.8) is 0 Å². The Labute approximate surface area is 124 Å². The fourth-order valence-corrected chi connectivity index (χ4v) is 3.52. The molecular weight excluding hydrogens is 266 g/mol. The number of anilines is 1. The highest BCUT2D eigenvalue weighted by Crippen LogP contribution is 2.33. The van der Waals surface area contributed by atoms with Crippen LogP contribution in [0.25, 0.3) is 0 Å². The van der Waals surface area contributed by atoms with Gasteiger partial charge in [0, 0.05) is 29.7 Å². The van der Waals surface area contributed by atoms with E-state index in [1.807, 2.05) is 11.6 Å². The van der Waals surface area contributed by atoms with Gasteiger partial charge >= 0.3 is 0 Å². The largest absolute Gasteiger partial charge is 0.384 e. The third kappa shape index (κ3) is 2.72. The third-order valence-electron chi connectivity index (χ3n) is 3.97. The van der Waals surface area contributed by atoms with E-state index in [-0.39, 0.29) is 5.54 Å². The van der Waals surface area contributed by atoms with Gasteiger partial charge in [0.1, 0.15) is 5.01 Å². The van der Waals surface area contributed by atoms with Gasteiger partial charge in [0.05, 0.1) is 5.54 Å². The molecule has 0 fully saturated rings. The number of benzene rings is 1. The van der Waals surface area contributed by atoms with Gasteiger partial charge in [0.2, 0.25) is 0 Å². The molecule has 2 N–H and O–H groups in total. The molecular formula is C16H21N3S. The number of para-hydroxylation sites is 1. The van der Waals surface area contributed by atoms with Crippen LogP contribution in [0.4, 0.5) is 5.69 Å². The molecule has 0 saturated carbocycles. The molecule has 1 aromatic heterocycles. The monoisotopic (exact) mass is 287 g/mol. The fourth-order valence-electron chi connectivity index (χ4n) is 2.78. The van der Waals surface area contributed by atoms with E-state index in [2.05, 4.69) is 53.7 Å². The van der Waals surface area contributed by atoms with Crippen LogP contribution in [0.3, 0.4) is 0 Å². The average molecular weight is 287 g/mol. The molecule has 0 radical (unpaired) electrons. The Morgan fingerprint density at radius 2 is 2.25 bits per heavy atom. The molecule has 3 rings (SSSR count). The summed E-state index contributed by atoms with van der Waals surface area (Å²) < 4.78 is 0. The Bertz CT molecular complexity index is 563. The Morgan fingerprint density at radius 1 is 1.40 bits per heavy atom. The lowest BCUT2D eigenvalue weighted by molar-refractivity contribution is 0.391. The van der Waals surface area contributed by atoms with Crippen molar-refractivity contribution in [3.05, 3.63) is 46.4 Å². The summed E-state index contributed by atoms with van der Waals surface area (Å²) in [4.78, 5) is 4.42. The van der Waals surface area contributed by atoms with Crippen molar-refractivity contribution in [2.24, 2.45) is 0 Å². The van der Waals surface area contributed by atoms with Gasteiger partial charge in [-0.1, -0.05) is 18.2 Å². The minimum Gasteiger partial charge on any atom is -0.384 e. The van der Waals surface area contributed by atoms with Crippen molar-refractivity contribution in [3.8, 4) is 0 Å². The minimum absolute atomic E-state index is 0.0419. The highest BCUT2D eigenvalue weighted by atomic mass is 32.1. The van der Waals surface area contributed by atoms with Crippen LogP contribution in [0, 0.1) is 0 Å². The third-order valence-corrected chi connectivity index (χ3v) is 5.06. The number of thiazole rings is 1. The SMILES string of the molecule is CC(C)(NCCC1CNc2ccccc21)c1nccs1. The lowest BCUT2D eigenvalue weighted by Gasteiger charge is -2.24. The summed E-state index contributed by atoms with van der Waals surface area (Å²) >= 11 is 1.72. The van der Waals surface area contributed by atoms with Crippen LogP contribution >= 0.6 is 11.3 Å². The van der Waals surface area contributed by atoms with Crippen LogP contribution < -0.4 is 10.6 Å². The van der Waals surface area contributed by atoms with Crippen molar-refractivity contribution < 1.29 is 0 Å². The van der Waals surface area contributed by atoms with Crippen molar-refractivity contribution in [2.75, 3.05) is 18.4 Å². The quantitative estimate of drug-likeness (QED) is 0.883. The first-order valence-corrected chi connectivity index (χ1v) is 8.02. The normalized spacial score (nSPS) is 17.8. The first-order valence-electron chi connectivity index (χ1n) is 7.14. The van der Waals surface area contributed by atoms with E-state index in [0.717, 1.165) is 24.5 Å². The van der Waals surface area contributed by atoms with E-state index in [0.29, 0.717) is 5.92 Å². The predicted molar refractivity (Wildman–Crippen MR) is 85.4 cm³/mol. The van der Waals surface area contributed by atoms with E-state index in [4.69, 9.17) is 0 Å². The standard InChI is InChI=1S/C16H21N3S/c1-16(2,15-17-9-10-20-15)19-8-7-12-11-18-14-6-4-3-5-13(12)14/h3-6,9-10,12,18-19H,7-8,11H2,1-2H3. The average Bonchev–Trinajstić information content (AvgIpc) is 3.08. The number of hydrogen-bond donors (Lipinski definition) is 2. The van der Waals surface area contributed by atoms with Crippen molar-refractivity contribution in [1.29, 1.82) is 0 Å². The lowest BCUT2D eigenvalue weighted by Crippen LogP contribution is -2.37. The van der Waals surface area contributed by atoms with Crippen LogP contribution in [0.1, 0.15) is 36.8 Å². The van der Waals surface area contributed by atoms with Crippen LogP contribution in [-0.2, 0) is 5.54 Å². The Hall–Kier alpha value is -1.39. The van der Waals surface area contributed by atoms with Gasteiger partial charge in [-0.05, 0) is 38.4 Å². The van der Waals surface area contributed by atoms with Crippen LogP contribution in [0.5, 0.6) is 0 Å². The first kappa shape index (κ1) is 13.6. The Kier molecular flexibility index (Phi) is 3.76. The summed E-state index contributed by atoms with van der Waals surface area (Å²) in [5, 5.41) is 10.3. The van der Waals surface area contributed by atoms with Gasteiger partial charge in [-0.3, -0.25) is 0 Å². The molecule has 4 heteroatoms. The van der Waals surface area contributed by atoms with Crippen molar-refractivity contribution in [1.82, 2.24) is 10.3 Å². The molecule has 1 atom stereocenters. The molecule has 1 aliphatic heterocycles. The molecule has 20 heavy (non-hydrogen) atoms. The molecule has 2 heterocycles. The number of nitrogens with zero attached hydrogens (tertiary/aromatic N) is 1. The van der Waals surface area contributed by atoms with Crippen molar-refractivity contribution in [2.45, 2.75) is 31.7 Å². The second kappa shape index (κ2) is 5.54. The maximum absolute atomic E-state index is 4.42. The van der Waals surface area contributed by atoms with Gasteiger partial charge in [0.25, 0.3) is 0 Å². The topological polar surface area (TPSA) is 37.0 Å². The lowest BCUT2D eigenvalue weighted by atomic mass is 9.97. The van der Waals surface area contributed by atoms with Gasteiger partial charge in [-0.2, -0.15) is 0 Å². The van der Waals surface area contributed by atoms with Gasteiger partial charge in [0.15, 0.2) is 0 Å². The summed E-state index contributed by atoms with van der Waals surface area (Å²) in [6.07, 6.45) is 3.03. The molecule has 0 spiro atoms. The maximum Gasteiger partial charge on any atom is 0.112 e. The van der Waals surface area contributed by atoms with E-state index < -0.39 is 0 Å². The molecule has 0 saturated heterocycles. The molecule has 2 aromatic rings. The Morgan fingerprint density at radius 3 is 3.05 bits per heavy atom. The first-order chi connectivity index (χ1) is 9.67. The summed E-state index contributed by atoms with van der Waals surface area (Å²) in [5.41, 5.74) is 2.72. The van der Waals surface area contributed by atoms with Crippen LogP contribution in [0.15, 0.2) is 35.8 Å². The second-order valence-electron chi connectivity index (χ2n) is 5.84. The van der Waals surface area contributed by atoms with E-state index in [1.165, 1.54) is 11.3 Å². The number of nitrogens with one attached hydrogen (secondary N) is 2. The van der Waals surface area contributed by atoms with E-state index >= 15 is 0 Å². The maximum atomic E-state index is 4.42. The number of fused-ring (bicyclic) bond motifs is 1. The number of rotatable bonds is 5. The second-order valence-corrected chi connectivity index (χ2v) is 6.74. The summed E-state index contributed by atoms with van der Waals surface area (Å²) in [6.45, 7) is 6.46. The molecule has 1 aliphatic rings. The molecule has 0 amide bonds. The molecule has 3 nitrogen and oxygen atoms in total. The fraction of sp³-hybridized carbons (Fsp3) is 0.438. The molecule has 1 unspecified atom stereocenters. The number of aromatic nitrogens is 1. The van der Waals surface area contributed by atoms with E-state index in [1.54, 1.807) is 11.3 Å². The molecule has 0 bridgehead atoms.